The van der Waals surface area contributed by atoms with Crippen molar-refractivity contribution in [1.29, 1.82) is 0 Å². The van der Waals surface area contributed by atoms with Gasteiger partial charge in [-0.3, -0.25) is 13.6 Å². The summed E-state index contributed by atoms with van der Waals surface area (Å²) in [5.74, 6) is 0. The van der Waals surface area contributed by atoms with E-state index >= 15 is 0 Å². The standard InChI is InChI=1S/C8H11O4P/c1-2-7-6-8-4-3-5-10-13(9,11-7)12-8/h2-4,7-8H,1,5-6H2/t7-,8-,13-/m0/s1. The first-order valence-corrected chi connectivity index (χ1v) is 5.58. The van der Waals surface area contributed by atoms with Gasteiger partial charge in [-0.2, -0.15) is 0 Å². The monoisotopic (exact) mass is 202 g/mol. The fourth-order valence-corrected chi connectivity index (χ4v) is 2.76. The summed E-state index contributed by atoms with van der Waals surface area (Å²) in [4.78, 5) is 0. The summed E-state index contributed by atoms with van der Waals surface area (Å²) >= 11 is 0. The molecule has 72 valence electrons. The van der Waals surface area contributed by atoms with Crippen molar-refractivity contribution in [3.63, 3.8) is 0 Å². The minimum atomic E-state index is -3.31. The number of hydrogen-bond donors (Lipinski definition) is 0. The van der Waals surface area contributed by atoms with E-state index in [1.807, 2.05) is 6.08 Å². The number of hydrogen-bond acceptors (Lipinski definition) is 4. The Bertz CT molecular complexity index is 286. The molecule has 3 atom stereocenters. The minimum absolute atomic E-state index is 0.176. The molecule has 0 N–H and O–H groups in total. The highest BCUT2D eigenvalue weighted by molar-refractivity contribution is 7.48. The van der Waals surface area contributed by atoms with Crippen LogP contribution in [0, 0.1) is 0 Å². The van der Waals surface area contributed by atoms with Gasteiger partial charge in [0.25, 0.3) is 0 Å². The van der Waals surface area contributed by atoms with Crippen molar-refractivity contribution in [1.82, 2.24) is 0 Å². The summed E-state index contributed by atoms with van der Waals surface area (Å²) < 4.78 is 26.9. The summed E-state index contributed by atoms with van der Waals surface area (Å²) in [5.41, 5.74) is 0. The van der Waals surface area contributed by atoms with Gasteiger partial charge >= 0.3 is 7.82 Å². The molecule has 2 rings (SSSR count). The molecule has 1 saturated heterocycles. The van der Waals surface area contributed by atoms with Crippen molar-refractivity contribution in [2.45, 2.75) is 18.6 Å². The maximum absolute atomic E-state index is 11.7. The molecule has 0 aromatic rings. The van der Waals surface area contributed by atoms with E-state index in [4.69, 9.17) is 13.6 Å². The topological polar surface area (TPSA) is 44.8 Å². The molecule has 1 fully saturated rings. The Labute approximate surface area is 76.8 Å². The lowest BCUT2D eigenvalue weighted by Crippen LogP contribution is -2.25. The Kier molecular flexibility index (Phi) is 2.39. The Balaban J connectivity index is 2.22. The molecular weight excluding hydrogens is 191 g/mol. The maximum atomic E-state index is 11.7. The van der Waals surface area contributed by atoms with Gasteiger partial charge in [-0.1, -0.05) is 18.2 Å². The van der Waals surface area contributed by atoms with Gasteiger partial charge in [-0.25, -0.2) is 4.57 Å². The van der Waals surface area contributed by atoms with Gasteiger partial charge in [0.05, 0.1) is 18.8 Å². The molecule has 0 radical (unpaired) electrons. The summed E-state index contributed by atoms with van der Waals surface area (Å²) in [6.07, 6.45) is 5.48. The number of fused-ring (bicyclic) bond motifs is 2. The summed E-state index contributed by atoms with van der Waals surface area (Å²) in [6.45, 7) is 3.87. The van der Waals surface area contributed by atoms with Gasteiger partial charge in [0, 0.05) is 6.42 Å². The Morgan fingerprint density at radius 3 is 3.15 bits per heavy atom. The molecule has 5 heteroatoms. The molecule has 0 aromatic heterocycles. The third-order valence-electron chi connectivity index (χ3n) is 1.94. The smallest absolute Gasteiger partial charge is 0.283 e. The van der Waals surface area contributed by atoms with Crippen LogP contribution in [-0.4, -0.2) is 18.8 Å². The Morgan fingerprint density at radius 1 is 1.54 bits per heavy atom. The Hall–Kier alpha value is -0.410. The lowest BCUT2D eigenvalue weighted by Gasteiger charge is -2.29. The normalized spacial score (nSPS) is 44.0. The summed E-state index contributed by atoms with van der Waals surface area (Å²) in [7, 11) is -3.31. The van der Waals surface area contributed by atoms with E-state index in [0.29, 0.717) is 6.42 Å². The molecule has 0 aromatic carbocycles. The van der Waals surface area contributed by atoms with Crippen molar-refractivity contribution in [3.8, 4) is 0 Å². The second kappa shape index (κ2) is 3.39. The third-order valence-corrected chi connectivity index (χ3v) is 3.46. The van der Waals surface area contributed by atoms with Crippen LogP contribution in [0.2, 0.25) is 0 Å². The van der Waals surface area contributed by atoms with E-state index in [-0.39, 0.29) is 18.8 Å². The molecule has 2 bridgehead atoms. The van der Waals surface area contributed by atoms with Crippen LogP contribution in [0.15, 0.2) is 24.8 Å². The highest BCUT2D eigenvalue weighted by atomic mass is 31.2. The fourth-order valence-electron chi connectivity index (χ4n) is 1.33. The van der Waals surface area contributed by atoms with Crippen molar-refractivity contribution in [3.05, 3.63) is 24.8 Å². The first-order chi connectivity index (χ1) is 6.22. The lowest BCUT2D eigenvalue weighted by molar-refractivity contribution is 0.0318. The van der Waals surface area contributed by atoms with Gasteiger partial charge in [0.1, 0.15) is 0 Å². The molecule has 0 amide bonds. The van der Waals surface area contributed by atoms with E-state index in [9.17, 15) is 4.57 Å². The predicted octanol–water partition coefficient (Wildman–Crippen LogP) is 2.04. The molecule has 2 aliphatic rings. The third kappa shape index (κ3) is 1.92. The van der Waals surface area contributed by atoms with E-state index in [2.05, 4.69) is 6.58 Å². The SMILES string of the molecule is C=C[C@H]1C[C@@H]2C=CCO[P@@](=O)(O1)O2. The fraction of sp³-hybridized carbons (Fsp3) is 0.500. The number of rotatable bonds is 1. The highest BCUT2D eigenvalue weighted by Gasteiger charge is 2.39. The van der Waals surface area contributed by atoms with Gasteiger partial charge in [0.15, 0.2) is 0 Å². The van der Waals surface area contributed by atoms with Crippen LogP contribution in [0.1, 0.15) is 6.42 Å². The maximum Gasteiger partial charge on any atom is 0.476 e. The zero-order valence-corrected chi connectivity index (χ0v) is 7.98. The van der Waals surface area contributed by atoms with Gasteiger partial charge in [-0.15, -0.1) is 6.58 Å². The first kappa shape index (κ1) is 9.16. The number of phosphoric acid groups is 1. The van der Waals surface area contributed by atoms with Crippen molar-refractivity contribution in [2.75, 3.05) is 6.61 Å². The number of phosphoric ester groups is 1. The average molecular weight is 202 g/mol. The van der Waals surface area contributed by atoms with Crippen molar-refractivity contribution < 1.29 is 18.1 Å². The lowest BCUT2D eigenvalue weighted by atomic mass is 10.1. The van der Waals surface area contributed by atoms with Gasteiger partial charge in [-0.05, 0) is 0 Å². The molecule has 0 aliphatic carbocycles. The van der Waals surface area contributed by atoms with Gasteiger partial charge < -0.3 is 0 Å². The van der Waals surface area contributed by atoms with Crippen LogP contribution in [0.25, 0.3) is 0 Å². The zero-order chi connectivity index (χ0) is 9.31. The molecule has 13 heavy (non-hydrogen) atoms. The largest absolute Gasteiger partial charge is 0.476 e. The highest BCUT2D eigenvalue weighted by Crippen LogP contribution is 2.56. The van der Waals surface area contributed by atoms with Crippen LogP contribution in [0.5, 0.6) is 0 Å². The zero-order valence-electron chi connectivity index (χ0n) is 7.09. The quantitative estimate of drug-likeness (QED) is 0.482. The Morgan fingerprint density at radius 2 is 2.38 bits per heavy atom. The van der Waals surface area contributed by atoms with Crippen LogP contribution in [0.4, 0.5) is 0 Å². The van der Waals surface area contributed by atoms with E-state index < -0.39 is 7.82 Å². The van der Waals surface area contributed by atoms with Crippen molar-refractivity contribution in [2.24, 2.45) is 0 Å². The molecule has 0 unspecified atom stereocenters. The summed E-state index contributed by atoms with van der Waals surface area (Å²) in [6, 6.07) is 0. The minimum Gasteiger partial charge on any atom is -0.283 e. The molecular formula is C8H11O4P. The van der Waals surface area contributed by atoms with E-state index in [0.717, 1.165) is 0 Å². The second-order valence-electron chi connectivity index (χ2n) is 2.93. The second-order valence-corrected chi connectivity index (χ2v) is 4.50. The molecule has 4 nitrogen and oxygen atoms in total. The average Bonchev–Trinajstić information content (AvgIpc) is 2.23. The van der Waals surface area contributed by atoms with Crippen LogP contribution < -0.4 is 0 Å². The van der Waals surface area contributed by atoms with Crippen molar-refractivity contribution >= 4 is 7.82 Å². The van der Waals surface area contributed by atoms with Gasteiger partial charge in [0.2, 0.25) is 0 Å². The first-order valence-electron chi connectivity index (χ1n) is 4.12. The molecule has 2 aliphatic heterocycles. The van der Waals surface area contributed by atoms with E-state index in [1.165, 1.54) is 0 Å². The predicted molar refractivity (Wildman–Crippen MR) is 47.3 cm³/mol. The molecule has 0 saturated carbocycles. The van der Waals surface area contributed by atoms with Crippen LogP contribution in [-0.2, 0) is 18.1 Å². The molecule has 2 heterocycles. The summed E-state index contributed by atoms with van der Waals surface area (Å²) in [5, 5.41) is 0. The van der Waals surface area contributed by atoms with E-state index in [1.54, 1.807) is 12.2 Å². The molecule has 0 spiro atoms. The van der Waals surface area contributed by atoms with Crippen LogP contribution >= 0.6 is 7.82 Å². The van der Waals surface area contributed by atoms with Crippen LogP contribution in [0.3, 0.4) is 0 Å².